The number of piperazine rings is 1. The lowest BCUT2D eigenvalue weighted by atomic mass is 10.2. The lowest BCUT2D eigenvalue weighted by Crippen LogP contribution is -2.50. The van der Waals surface area contributed by atoms with E-state index in [2.05, 4.69) is 5.32 Å². The summed E-state index contributed by atoms with van der Waals surface area (Å²) in [6, 6.07) is 12.9. The summed E-state index contributed by atoms with van der Waals surface area (Å²) in [6.07, 6.45) is 3.16. The smallest absolute Gasteiger partial charge is 0.236 e. The van der Waals surface area contributed by atoms with Crippen molar-refractivity contribution in [1.29, 1.82) is 0 Å². The third kappa shape index (κ3) is 5.78. The van der Waals surface area contributed by atoms with E-state index in [0.29, 0.717) is 38.5 Å². The summed E-state index contributed by atoms with van der Waals surface area (Å²) in [7, 11) is -3.46. The van der Waals surface area contributed by atoms with Crippen molar-refractivity contribution in [2.75, 3.05) is 32.7 Å². The van der Waals surface area contributed by atoms with Crippen LogP contribution < -0.4 is 5.32 Å². The number of nitrogens with zero attached hydrogens (tertiary/aromatic N) is 2. The predicted molar refractivity (Wildman–Crippen MR) is 103 cm³/mol. The molecule has 1 aromatic heterocycles. The van der Waals surface area contributed by atoms with Gasteiger partial charge in [0.25, 0.3) is 0 Å². The van der Waals surface area contributed by atoms with Gasteiger partial charge in [0.1, 0.15) is 5.76 Å². The fourth-order valence-corrected chi connectivity index (χ4v) is 3.99. The molecule has 0 spiro atoms. The predicted octanol–water partition coefficient (Wildman–Crippen LogP) is 1.51. The van der Waals surface area contributed by atoms with Crippen molar-refractivity contribution >= 4 is 22.0 Å². The highest BCUT2D eigenvalue weighted by Crippen LogP contribution is 2.11. The number of furan rings is 1. The number of nitrogens with one attached hydrogen (secondary N) is 1. The van der Waals surface area contributed by atoms with Crippen LogP contribution in [0.25, 0.3) is 6.08 Å². The maximum absolute atomic E-state index is 12.5. The minimum atomic E-state index is -3.46. The molecule has 1 aliphatic heterocycles. The summed E-state index contributed by atoms with van der Waals surface area (Å²) >= 11 is 0. The number of carbonyl (C=O) groups is 1. The minimum absolute atomic E-state index is 0.105. The first kappa shape index (κ1) is 19.3. The van der Waals surface area contributed by atoms with Gasteiger partial charge in [-0.15, -0.1) is 0 Å². The zero-order valence-corrected chi connectivity index (χ0v) is 15.8. The Labute approximate surface area is 159 Å². The third-order valence-electron chi connectivity index (χ3n) is 4.33. The molecule has 1 fully saturated rings. The number of benzene rings is 1. The van der Waals surface area contributed by atoms with Crippen molar-refractivity contribution in [2.45, 2.75) is 6.54 Å². The summed E-state index contributed by atoms with van der Waals surface area (Å²) in [6.45, 7) is 2.37. The number of carbonyl (C=O) groups excluding carboxylic acids is 1. The summed E-state index contributed by atoms with van der Waals surface area (Å²) in [5.74, 6) is 0.594. The Hall–Kier alpha value is -2.42. The van der Waals surface area contributed by atoms with Crippen molar-refractivity contribution < 1.29 is 17.6 Å². The third-order valence-corrected chi connectivity index (χ3v) is 5.90. The quantitative estimate of drug-likeness (QED) is 0.776. The van der Waals surface area contributed by atoms with E-state index in [0.717, 1.165) is 5.56 Å². The van der Waals surface area contributed by atoms with Gasteiger partial charge in [-0.25, -0.2) is 8.42 Å². The van der Waals surface area contributed by atoms with Gasteiger partial charge in [0.15, 0.2) is 0 Å². The van der Waals surface area contributed by atoms with Gasteiger partial charge in [-0.05, 0) is 23.8 Å². The summed E-state index contributed by atoms with van der Waals surface area (Å²) in [5, 5.41) is 4.04. The van der Waals surface area contributed by atoms with Gasteiger partial charge in [-0.1, -0.05) is 30.3 Å². The number of sulfonamides is 1. The number of hydrogen-bond acceptors (Lipinski definition) is 5. The van der Waals surface area contributed by atoms with E-state index in [-0.39, 0.29) is 12.5 Å². The Morgan fingerprint density at radius 3 is 2.48 bits per heavy atom. The van der Waals surface area contributed by atoms with Crippen molar-refractivity contribution in [3.8, 4) is 0 Å². The molecule has 8 heteroatoms. The van der Waals surface area contributed by atoms with Crippen LogP contribution in [0.2, 0.25) is 0 Å². The van der Waals surface area contributed by atoms with Crippen molar-refractivity contribution in [3.63, 3.8) is 0 Å². The molecule has 1 aliphatic rings. The van der Waals surface area contributed by atoms with Gasteiger partial charge in [0, 0.05) is 31.6 Å². The molecule has 0 unspecified atom stereocenters. The Balaban J connectivity index is 1.45. The molecular weight excluding hydrogens is 366 g/mol. The first-order valence-electron chi connectivity index (χ1n) is 8.78. The molecule has 2 heterocycles. The topological polar surface area (TPSA) is 82.9 Å². The minimum Gasteiger partial charge on any atom is -0.467 e. The molecule has 1 N–H and O–H groups in total. The Bertz CT molecular complexity index is 856. The van der Waals surface area contributed by atoms with E-state index in [1.165, 1.54) is 9.71 Å². The largest absolute Gasteiger partial charge is 0.467 e. The first-order chi connectivity index (χ1) is 13.0. The Morgan fingerprint density at radius 2 is 1.81 bits per heavy atom. The molecule has 1 aromatic carbocycles. The molecule has 1 saturated heterocycles. The molecule has 1 amide bonds. The number of hydrogen-bond donors (Lipinski definition) is 1. The molecule has 0 radical (unpaired) electrons. The first-order valence-corrected chi connectivity index (χ1v) is 10.3. The monoisotopic (exact) mass is 389 g/mol. The van der Waals surface area contributed by atoms with Crippen LogP contribution in [0.3, 0.4) is 0 Å². The standard InChI is InChI=1S/C19H23N3O4S/c23-19(20-15-18-7-4-13-26-18)16-21-9-11-22(12-10-21)27(24,25)14-8-17-5-2-1-3-6-17/h1-8,13-14H,9-12,15-16H2,(H,20,23). The summed E-state index contributed by atoms with van der Waals surface area (Å²) < 4.78 is 31.5. The number of amides is 1. The Morgan fingerprint density at radius 1 is 1.07 bits per heavy atom. The van der Waals surface area contributed by atoms with E-state index >= 15 is 0 Å². The highest BCUT2D eigenvalue weighted by molar-refractivity contribution is 7.92. The Kier molecular flexibility index (Phi) is 6.44. The van der Waals surface area contributed by atoms with Gasteiger partial charge in [0.2, 0.25) is 15.9 Å². The molecule has 2 aromatic rings. The fraction of sp³-hybridized carbons (Fsp3) is 0.316. The zero-order valence-electron chi connectivity index (χ0n) is 15.0. The second-order valence-corrected chi connectivity index (χ2v) is 8.11. The van der Waals surface area contributed by atoms with E-state index in [4.69, 9.17) is 4.42 Å². The van der Waals surface area contributed by atoms with Gasteiger partial charge in [0.05, 0.1) is 19.4 Å². The normalized spacial score (nSPS) is 16.6. The van der Waals surface area contributed by atoms with Crippen LogP contribution in [-0.4, -0.2) is 56.3 Å². The summed E-state index contributed by atoms with van der Waals surface area (Å²) in [4.78, 5) is 14.0. The van der Waals surface area contributed by atoms with E-state index in [9.17, 15) is 13.2 Å². The highest BCUT2D eigenvalue weighted by atomic mass is 32.2. The van der Waals surface area contributed by atoms with E-state index in [1.807, 2.05) is 35.2 Å². The molecule has 0 saturated carbocycles. The van der Waals surface area contributed by atoms with Crippen LogP contribution in [0.15, 0.2) is 58.6 Å². The molecule has 7 nitrogen and oxygen atoms in total. The van der Waals surface area contributed by atoms with Crippen molar-refractivity contribution in [3.05, 3.63) is 65.5 Å². The average molecular weight is 389 g/mol. The molecule has 0 atom stereocenters. The van der Waals surface area contributed by atoms with Gasteiger partial charge in [-0.3, -0.25) is 9.69 Å². The zero-order chi connectivity index (χ0) is 19.1. The second kappa shape index (κ2) is 8.98. The molecule has 27 heavy (non-hydrogen) atoms. The van der Waals surface area contributed by atoms with Crippen LogP contribution in [0.4, 0.5) is 0 Å². The molecule has 3 rings (SSSR count). The molecule has 0 bridgehead atoms. The summed E-state index contributed by atoms with van der Waals surface area (Å²) in [5.41, 5.74) is 0.841. The van der Waals surface area contributed by atoms with Crippen molar-refractivity contribution in [1.82, 2.24) is 14.5 Å². The molecule has 144 valence electrons. The van der Waals surface area contributed by atoms with E-state index in [1.54, 1.807) is 24.5 Å². The van der Waals surface area contributed by atoms with Gasteiger partial charge in [-0.2, -0.15) is 4.31 Å². The fourth-order valence-electron chi connectivity index (χ4n) is 2.81. The van der Waals surface area contributed by atoms with Crippen LogP contribution >= 0.6 is 0 Å². The maximum Gasteiger partial charge on any atom is 0.236 e. The number of rotatable bonds is 7. The highest BCUT2D eigenvalue weighted by Gasteiger charge is 2.25. The second-order valence-electron chi connectivity index (χ2n) is 6.29. The van der Waals surface area contributed by atoms with Crippen LogP contribution in [-0.2, 0) is 21.4 Å². The van der Waals surface area contributed by atoms with Gasteiger partial charge < -0.3 is 9.73 Å². The van der Waals surface area contributed by atoms with Crippen LogP contribution in [0.5, 0.6) is 0 Å². The lowest BCUT2D eigenvalue weighted by Gasteiger charge is -2.32. The molecule has 0 aliphatic carbocycles. The lowest BCUT2D eigenvalue weighted by molar-refractivity contribution is -0.122. The molecular formula is C19H23N3O4S. The van der Waals surface area contributed by atoms with Crippen LogP contribution in [0.1, 0.15) is 11.3 Å². The van der Waals surface area contributed by atoms with Crippen LogP contribution in [0, 0.1) is 0 Å². The SMILES string of the molecule is O=C(CN1CCN(S(=O)(=O)C=Cc2ccccc2)CC1)NCc1ccco1. The van der Waals surface area contributed by atoms with Gasteiger partial charge >= 0.3 is 0 Å². The van der Waals surface area contributed by atoms with E-state index < -0.39 is 10.0 Å². The average Bonchev–Trinajstić information content (AvgIpc) is 3.20. The van der Waals surface area contributed by atoms with Crippen molar-refractivity contribution in [2.24, 2.45) is 0 Å². The maximum atomic E-state index is 12.5.